The highest BCUT2D eigenvalue weighted by molar-refractivity contribution is 6.34. The Labute approximate surface area is 138 Å². The van der Waals surface area contributed by atoms with Crippen LogP contribution in [-0.4, -0.2) is 17.4 Å². The number of hydrogen-bond donors (Lipinski definition) is 1. The highest BCUT2D eigenvalue weighted by atomic mass is 35.5. The molecule has 0 saturated heterocycles. The molecule has 2 aromatic rings. The molecule has 0 fully saturated rings. The van der Waals surface area contributed by atoms with E-state index in [0.717, 1.165) is 17.4 Å². The van der Waals surface area contributed by atoms with Crippen LogP contribution in [0.3, 0.4) is 0 Å². The van der Waals surface area contributed by atoms with Crippen LogP contribution in [0.2, 0.25) is 5.02 Å². The number of rotatable bonds is 6. The van der Waals surface area contributed by atoms with Gasteiger partial charge >= 0.3 is 0 Å². The van der Waals surface area contributed by atoms with E-state index in [2.05, 4.69) is 5.32 Å². The lowest BCUT2D eigenvalue weighted by Crippen LogP contribution is -2.23. The zero-order valence-electron chi connectivity index (χ0n) is 12.4. The topological polar surface area (TPSA) is 81.5 Å². The summed E-state index contributed by atoms with van der Waals surface area (Å²) in [6.45, 7) is 2.81. The molecule has 0 aliphatic heterocycles. The molecule has 1 N–H and O–H groups in total. The van der Waals surface area contributed by atoms with E-state index in [1.165, 1.54) is 12.1 Å². The summed E-state index contributed by atoms with van der Waals surface area (Å²) < 4.78 is 5.34. The molecule has 6 nitrogen and oxygen atoms in total. The first-order valence-corrected chi connectivity index (χ1v) is 7.33. The normalized spacial score (nSPS) is 10.2. The van der Waals surface area contributed by atoms with Crippen molar-refractivity contribution in [3.63, 3.8) is 0 Å². The van der Waals surface area contributed by atoms with Gasteiger partial charge in [0.15, 0.2) is 0 Å². The molecule has 0 aliphatic carbocycles. The molecule has 0 aliphatic rings. The first-order valence-electron chi connectivity index (χ1n) is 6.95. The fourth-order valence-corrected chi connectivity index (χ4v) is 2.21. The number of nitro groups is 1. The molecule has 0 bridgehead atoms. The van der Waals surface area contributed by atoms with Gasteiger partial charge in [-0.25, -0.2) is 0 Å². The third-order valence-corrected chi connectivity index (χ3v) is 3.41. The van der Waals surface area contributed by atoms with E-state index in [1.807, 2.05) is 31.2 Å². The van der Waals surface area contributed by atoms with Crippen LogP contribution < -0.4 is 10.1 Å². The van der Waals surface area contributed by atoms with Crippen LogP contribution in [0.25, 0.3) is 0 Å². The number of benzene rings is 2. The van der Waals surface area contributed by atoms with Crippen LogP contribution in [0.5, 0.6) is 5.75 Å². The van der Waals surface area contributed by atoms with Crippen molar-refractivity contribution in [2.24, 2.45) is 0 Å². The first-order chi connectivity index (χ1) is 11.0. The van der Waals surface area contributed by atoms with Gasteiger partial charge in [-0.3, -0.25) is 14.9 Å². The van der Waals surface area contributed by atoms with Crippen molar-refractivity contribution in [1.29, 1.82) is 0 Å². The molecule has 0 saturated carbocycles. The number of nitrogens with one attached hydrogen (secondary N) is 1. The summed E-state index contributed by atoms with van der Waals surface area (Å²) in [5, 5.41) is 13.4. The number of halogens is 1. The lowest BCUT2D eigenvalue weighted by molar-refractivity contribution is -0.384. The zero-order valence-corrected chi connectivity index (χ0v) is 13.2. The summed E-state index contributed by atoms with van der Waals surface area (Å²) in [5.74, 6) is 0.375. The van der Waals surface area contributed by atoms with Gasteiger partial charge in [0.2, 0.25) is 0 Å². The Morgan fingerprint density at radius 3 is 2.52 bits per heavy atom. The van der Waals surface area contributed by atoms with Gasteiger partial charge in [-0.2, -0.15) is 0 Å². The van der Waals surface area contributed by atoms with E-state index >= 15 is 0 Å². The van der Waals surface area contributed by atoms with Gasteiger partial charge in [0.1, 0.15) is 5.75 Å². The maximum absolute atomic E-state index is 12.1. The highest BCUT2D eigenvalue weighted by Gasteiger charge is 2.14. The van der Waals surface area contributed by atoms with E-state index in [-0.39, 0.29) is 16.3 Å². The molecule has 1 amide bonds. The molecule has 7 heteroatoms. The summed E-state index contributed by atoms with van der Waals surface area (Å²) in [5.41, 5.74) is 0.945. The third-order valence-electron chi connectivity index (χ3n) is 3.10. The van der Waals surface area contributed by atoms with E-state index in [0.29, 0.717) is 13.2 Å². The van der Waals surface area contributed by atoms with Gasteiger partial charge in [0.25, 0.3) is 11.6 Å². The molecule has 120 valence electrons. The number of nitrogens with zero attached hydrogens (tertiary/aromatic N) is 1. The Morgan fingerprint density at radius 2 is 1.96 bits per heavy atom. The molecule has 0 spiro atoms. The van der Waals surface area contributed by atoms with Crippen LogP contribution in [0, 0.1) is 10.1 Å². The van der Waals surface area contributed by atoms with Crippen LogP contribution in [0.1, 0.15) is 22.8 Å². The molecule has 2 aromatic carbocycles. The summed E-state index contributed by atoms with van der Waals surface area (Å²) >= 11 is 5.92. The zero-order chi connectivity index (χ0) is 16.8. The molecule has 0 atom stereocenters. The Bertz CT molecular complexity index is 717. The van der Waals surface area contributed by atoms with E-state index in [4.69, 9.17) is 16.3 Å². The van der Waals surface area contributed by atoms with Crippen LogP contribution in [-0.2, 0) is 6.54 Å². The lowest BCUT2D eigenvalue weighted by atomic mass is 10.1. The summed E-state index contributed by atoms with van der Waals surface area (Å²) in [4.78, 5) is 22.2. The van der Waals surface area contributed by atoms with E-state index in [9.17, 15) is 14.9 Å². The van der Waals surface area contributed by atoms with Gasteiger partial charge in [-0.05, 0) is 30.7 Å². The van der Waals surface area contributed by atoms with Gasteiger partial charge < -0.3 is 10.1 Å². The molecule has 0 heterocycles. The molecule has 0 radical (unpaired) electrons. The SMILES string of the molecule is CCOc1ccc(CNC(=O)c2ccc([N+](=O)[O-])cc2Cl)cc1. The average Bonchev–Trinajstić information content (AvgIpc) is 2.54. The minimum absolute atomic E-state index is 0.0448. The fraction of sp³-hybridized carbons (Fsp3) is 0.188. The van der Waals surface area contributed by atoms with Crippen molar-refractivity contribution in [1.82, 2.24) is 5.32 Å². The van der Waals surface area contributed by atoms with Crippen molar-refractivity contribution in [3.05, 3.63) is 68.7 Å². The molecular formula is C16H15ClN2O4. The van der Waals surface area contributed by atoms with Gasteiger partial charge in [-0.1, -0.05) is 23.7 Å². The van der Waals surface area contributed by atoms with Crippen molar-refractivity contribution in [2.75, 3.05) is 6.61 Å². The Kier molecular flexibility index (Phi) is 5.54. The van der Waals surface area contributed by atoms with Crippen molar-refractivity contribution >= 4 is 23.2 Å². The Balaban J connectivity index is 2.00. The average molecular weight is 335 g/mol. The van der Waals surface area contributed by atoms with Crippen molar-refractivity contribution < 1.29 is 14.5 Å². The molecule has 0 unspecified atom stereocenters. The molecule has 23 heavy (non-hydrogen) atoms. The minimum Gasteiger partial charge on any atom is -0.494 e. The Hall–Kier alpha value is -2.60. The minimum atomic E-state index is -0.562. The smallest absolute Gasteiger partial charge is 0.270 e. The number of hydrogen-bond acceptors (Lipinski definition) is 4. The van der Waals surface area contributed by atoms with Gasteiger partial charge in [-0.15, -0.1) is 0 Å². The number of nitro benzene ring substituents is 1. The van der Waals surface area contributed by atoms with Crippen LogP contribution >= 0.6 is 11.6 Å². The second-order valence-corrected chi connectivity index (χ2v) is 5.09. The summed E-state index contributed by atoms with van der Waals surface area (Å²) in [6, 6.07) is 11.1. The monoisotopic (exact) mass is 334 g/mol. The van der Waals surface area contributed by atoms with E-state index in [1.54, 1.807) is 0 Å². The molecule has 0 aromatic heterocycles. The molecule has 2 rings (SSSR count). The third kappa shape index (κ3) is 4.43. The van der Waals surface area contributed by atoms with E-state index < -0.39 is 10.8 Å². The number of amides is 1. The maximum Gasteiger partial charge on any atom is 0.270 e. The second kappa shape index (κ2) is 7.60. The van der Waals surface area contributed by atoms with Crippen LogP contribution in [0.4, 0.5) is 5.69 Å². The summed E-state index contributed by atoms with van der Waals surface area (Å²) in [7, 11) is 0. The fourth-order valence-electron chi connectivity index (χ4n) is 1.95. The number of carbonyl (C=O) groups excluding carboxylic acids is 1. The van der Waals surface area contributed by atoms with Crippen LogP contribution in [0.15, 0.2) is 42.5 Å². The van der Waals surface area contributed by atoms with Gasteiger partial charge in [0, 0.05) is 18.7 Å². The second-order valence-electron chi connectivity index (χ2n) is 4.68. The van der Waals surface area contributed by atoms with Crippen molar-refractivity contribution in [3.8, 4) is 5.75 Å². The van der Waals surface area contributed by atoms with Crippen molar-refractivity contribution in [2.45, 2.75) is 13.5 Å². The standard InChI is InChI=1S/C16H15ClN2O4/c1-2-23-13-6-3-11(4-7-13)10-18-16(20)14-8-5-12(19(21)22)9-15(14)17/h3-9H,2,10H2,1H3,(H,18,20). The number of ether oxygens (including phenoxy) is 1. The van der Waals surface area contributed by atoms with Gasteiger partial charge in [0.05, 0.1) is 22.1 Å². The lowest BCUT2D eigenvalue weighted by Gasteiger charge is -2.08. The largest absolute Gasteiger partial charge is 0.494 e. The predicted molar refractivity (Wildman–Crippen MR) is 86.9 cm³/mol. The predicted octanol–water partition coefficient (Wildman–Crippen LogP) is 3.58. The number of carbonyl (C=O) groups is 1. The first kappa shape index (κ1) is 16.8. The number of non-ortho nitro benzene ring substituents is 1. The summed E-state index contributed by atoms with van der Waals surface area (Å²) in [6.07, 6.45) is 0. The quantitative estimate of drug-likeness (QED) is 0.646. The maximum atomic E-state index is 12.1. The Morgan fingerprint density at radius 1 is 1.26 bits per heavy atom. The highest BCUT2D eigenvalue weighted by Crippen LogP contribution is 2.22. The molecular weight excluding hydrogens is 320 g/mol.